The van der Waals surface area contributed by atoms with E-state index in [-0.39, 0.29) is 6.04 Å². The number of benzene rings is 1. The fourth-order valence-corrected chi connectivity index (χ4v) is 1.34. The Hall–Kier alpha value is -1.67. The maximum absolute atomic E-state index is 5.75. The molecule has 90 valence electrons. The van der Waals surface area contributed by atoms with E-state index in [1.54, 1.807) is 0 Å². The fourth-order valence-electron chi connectivity index (χ4n) is 1.34. The van der Waals surface area contributed by atoms with Gasteiger partial charge in [-0.05, 0) is 26.8 Å². The van der Waals surface area contributed by atoms with Gasteiger partial charge in [0, 0.05) is 11.6 Å². The molecule has 0 spiro atoms. The average Bonchev–Trinajstić information content (AvgIpc) is 2.29. The first-order valence-corrected chi connectivity index (χ1v) is 5.77. The second-order valence-corrected chi connectivity index (χ2v) is 4.14. The topological polar surface area (TPSA) is 38.4 Å². The van der Waals surface area contributed by atoms with Gasteiger partial charge in [-0.3, -0.25) is 4.99 Å². The van der Waals surface area contributed by atoms with Crippen LogP contribution in [0.3, 0.4) is 0 Å². The summed E-state index contributed by atoms with van der Waals surface area (Å²) in [6, 6.07) is 8.14. The maximum Gasteiger partial charge on any atom is 0.0702 e. The van der Waals surface area contributed by atoms with Crippen molar-refractivity contribution in [2.24, 2.45) is 10.7 Å². The summed E-state index contributed by atoms with van der Waals surface area (Å²) in [7, 11) is 0. The van der Waals surface area contributed by atoms with Crippen molar-refractivity contribution in [1.82, 2.24) is 0 Å². The number of nitrogens with zero attached hydrogens (tertiary/aromatic N) is 1. The Morgan fingerprint density at radius 2 is 1.94 bits per heavy atom. The third-order valence-corrected chi connectivity index (χ3v) is 2.46. The predicted octanol–water partition coefficient (Wildman–Crippen LogP) is 3.22. The van der Waals surface area contributed by atoms with Gasteiger partial charge in [0.1, 0.15) is 0 Å². The standard InChI is InChI=1S/C15H20N2/c1-5-6-15(17-13(4)12(3)16)14-9-7-11(2)8-10-14/h5-10,12H,4,16H2,1-3H3/b6-5-,17-15+. The molecule has 0 fully saturated rings. The summed E-state index contributed by atoms with van der Waals surface area (Å²) in [6.07, 6.45) is 3.94. The molecule has 0 bridgehead atoms. The van der Waals surface area contributed by atoms with Gasteiger partial charge in [0.15, 0.2) is 0 Å². The zero-order valence-electron chi connectivity index (χ0n) is 10.8. The van der Waals surface area contributed by atoms with E-state index in [1.807, 2.05) is 26.0 Å². The number of nitrogens with two attached hydrogens (primary N) is 1. The molecule has 0 heterocycles. The molecule has 0 aliphatic rings. The number of hydrogen-bond acceptors (Lipinski definition) is 2. The highest BCUT2D eigenvalue weighted by atomic mass is 14.8. The molecule has 0 aliphatic heterocycles. The summed E-state index contributed by atoms with van der Waals surface area (Å²) >= 11 is 0. The predicted molar refractivity (Wildman–Crippen MR) is 75.3 cm³/mol. The van der Waals surface area contributed by atoms with Crippen LogP contribution < -0.4 is 5.73 Å². The molecule has 17 heavy (non-hydrogen) atoms. The first-order valence-electron chi connectivity index (χ1n) is 5.77. The van der Waals surface area contributed by atoms with Crippen LogP contribution in [0.2, 0.25) is 0 Å². The summed E-state index contributed by atoms with van der Waals surface area (Å²) < 4.78 is 0. The molecule has 0 saturated carbocycles. The van der Waals surface area contributed by atoms with Gasteiger partial charge in [0.05, 0.1) is 11.4 Å². The maximum atomic E-state index is 5.75. The number of allylic oxidation sites excluding steroid dienone is 2. The second kappa shape index (κ2) is 6.16. The van der Waals surface area contributed by atoms with E-state index in [9.17, 15) is 0 Å². The highest BCUT2D eigenvalue weighted by Crippen LogP contribution is 2.09. The summed E-state index contributed by atoms with van der Waals surface area (Å²) in [5, 5.41) is 0. The lowest BCUT2D eigenvalue weighted by Crippen LogP contribution is -2.17. The average molecular weight is 228 g/mol. The smallest absolute Gasteiger partial charge is 0.0702 e. The van der Waals surface area contributed by atoms with Crippen molar-refractivity contribution in [2.75, 3.05) is 0 Å². The molecule has 0 radical (unpaired) electrons. The van der Waals surface area contributed by atoms with E-state index in [0.717, 1.165) is 11.3 Å². The summed E-state index contributed by atoms with van der Waals surface area (Å²) in [5.41, 5.74) is 9.66. The highest BCUT2D eigenvalue weighted by Gasteiger charge is 2.03. The molecule has 1 atom stereocenters. The Bertz CT molecular complexity index is 436. The van der Waals surface area contributed by atoms with Gasteiger partial charge in [0.2, 0.25) is 0 Å². The Balaban J connectivity index is 3.09. The van der Waals surface area contributed by atoms with Gasteiger partial charge in [-0.2, -0.15) is 0 Å². The molecule has 2 heteroatoms. The number of hydrogen-bond donors (Lipinski definition) is 1. The lowest BCUT2D eigenvalue weighted by atomic mass is 10.1. The van der Waals surface area contributed by atoms with Crippen molar-refractivity contribution in [3.8, 4) is 0 Å². The van der Waals surface area contributed by atoms with Gasteiger partial charge >= 0.3 is 0 Å². The van der Waals surface area contributed by atoms with Crippen LogP contribution >= 0.6 is 0 Å². The van der Waals surface area contributed by atoms with Crippen LogP contribution in [0, 0.1) is 6.92 Å². The molecule has 2 nitrogen and oxygen atoms in total. The van der Waals surface area contributed by atoms with Crippen LogP contribution in [0.4, 0.5) is 0 Å². The van der Waals surface area contributed by atoms with Crippen molar-refractivity contribution in [1.29, 1.82) is 0 Å². The fraction of sp³-hybridized carbons (Fsp3) is 0.267. The van der Waals surface area contributed by atoms with Crippen LogP contribution in [0.15, 0.2) is 53.7 Å². The van der Waals surface area contributed by atoms with Crippen molar-refractivity contribution in [3.63, 3.8) is 0 Å². The lowest BCUT2D eigenvalue weighted by Gasteiger charge is -2.07. The monoisotopic (exact) mass is 228 g/mol. The molecule has 0 aromatic heterocycles. The minimum absolute atomic E-state index is 0.124. The van der Waals surface area contributed by atoms with Crippen molar-refractivity contribution in [2.45, 2.75) is 26.8 Å². The van der Waals surface area contributed by atoms with Crippen LogP contribution in [0.5, 0.6) is 0 Å². The number of aryl methyl sites for hydroxylation is 1. The van der Waals surface area contributed by atoms with E-state index >= 15 is 0 Å². The molecule has 2 N–H and O–H groups in total. The van der Waals surface area contributed by atoms with E-state index in [1.165, 1.54) is 5.56 Å². The minimum Gasteiger partial charge on any atom is -0.323 e. The van der Waals surface area contributed by atoms with Gasteiger partial charge in [-0.15, -0.1) is 0 Å². The normalized spacial score (nSPS) is 14.0. The molecule has 0 amide bonds. The Kier molecular flexibility index (Phi) is 4.85. The quantitative estimate of drug-likeness (QED) is 0.789. The van der Waals surface area contributed by atoms with Gasteiger partial charge in [0.25, 0.3) is 0 Å². The summed E-state index contributed by atoms with van der Waals surface area (Å²) in [4.78, 5) is 4.48. The third-order valence-electron chi connectivity index (χ3n) is 2.46. The number of aliphatic imine (C=N–C) groups is 1. The Morgan fingerprint density at radius 3 is 2.41 bits per heavy atom. The lowest BCUT2D eigenvalue weighted by molar-refractivity contribution is 0.853. The summed E-state index contributed by atoms with van der Waals surface area (Å²) in [6.45, 7) is 9.79. The molecule has 0 aliphatic carbocycles. The van der Waals surface area contributed by atoms with Crippen molar-refractivity contribution in [3.05, 3.63) is 59.8 Å². The molecule has 1 aromatic carbocycles. The zero-order chi connectivity index (χ0) is 12.8. The van der Waals surface area contributed by atoms with E-state index in [2.05, 4.69) is 42.8 Å². The molecule has 0 saturated heterocycles. The van der Waals surface area contributed by atoms with E-state index in [0.29, 0.717) is 5.70 Å². The molecule has 1 rings (SSSR count). The molecule has 1 aromatic rings. The van der Waals surface area contributed by atoms with Crippen LogP contribution in [-0.4, -0.2) is 11.8 Å². The van der Waals surface area contributed by atoms with Crippen LogP contribution in [-0.2, 0) is 0 Å². The van der Waals surface area contributed by atoms with E-state index < -0.39 is 0 Å². The Morgan fingerprint density at radius 1 is 1.35 bits per heavy atom. The van der Waals surface area contributed by atoms with Gasteiger partial charge < -0.3 is 5.73 Å². The largest absolute Gasteiger partial charge is 0.323 e. The SMILES string of the molecule is C=C(/N=C(\C=C/C)c1ccc(C)cc1)C(C)N. The van der Waals surface area contributed by atoms with E-state index in [4.69, 9.17) is 5.73 Å². The summed E-state index contributed by atoms with van der Waals surface area (Å²) in [5.74, 6) is 0. The first kappa shape index (κ1) is 13.4. The molecule has 1 unspecified atom stereocenters. The third kappa shape index (κ3) is 4.00. The van der Waals surface area contributed by atoms with Crippen LogP contribution in [0.25, 0.3) is 0 Å². The molecular weight excluding hydrogens is 208 g/mol. The van der Waals surface area contributed by atoms with Crippen molar-refractivity contribution >= 4 is 5.71 Å². The Labute approximate surface area is 104 Å². The molecular formula is C15H20N2. The first-order chi connectivity index (χ1) is 8.04. The number of rotatable bonds is 4. The zero-order valence-corrected chi connectivity index (χ0v) is 10.8. The highest BCUT2D eigenvalue weighted by molar-refractivity contribution is 6.09. The van der Waals surface area contributed by atoms with Gasteiger partial charge in [-0.25, -0.2) is 0 Å². The van der Waals surface area contributed by atoms with Crippen molar-refractivity contribution < 1.29 is 0 Å². The van der Waals surface area contributed by atoms with Crippen LogP contribution in [0.1, 0.15) is 25.0 Å². The second-order valence-electron chi connectivity index (χ2n) is 4.14. The minimum atomic E-state index is -0.124. The van der Waals surface area contributed by atoms with Gasteiger partial charge in [-0.1, -0.05) is 42.5 Å².